The van der Waals surface area contributed by atoms with Crippen molar-refractivity contribution < 1.29 is 0 Å². The van der Waals surface area contributed by atoms with Gasteiger partial charge in [-0.05, 0) is 12.0 Å². The SMILES string of the molecule is c1ccc(CCc2nn3c(-c4ccccc4)nnc3s2)cc1. The predicted octanol–water partition coefficient (Wildman–Crippen LogP) is 3.64. The van der Waals surface area contributed by atoms with Crippen LogP contribution < -0.4 is 0 Å². The minimum atomic E-state index is 0.804. The molecule has 0 radical (unpaired) electrons. The molecule has 0 fully saturated rings. The molecule has 22 heavy (non-hydrogen) atoms. The highest BCUT2D eigenvalue weighted by molar-refractivity contribution is 7.16. The Morgan fingerprint density at radius 2 is 1.55 bits per heavy atom. The normalized spacial score (nSPS) is 11.1. The van der Waals surface area contributed by atoms with Crippen molar-refractivity contribution in [1.82, 2.24) is 19.8 Å². The predicted molar refractivity (Wildman–Crippen MR) is 87.9 cm³/mol. The molecule has 0 aliphatic rings. The van der Waals surface area contributed by atoms with E-state index in [4.69, 9.17) is 0 Å². The molecule has 0 bridgehead atoms. The van der Waals surface area contributed by atoms with E-state index in [0.717, 1.165) is 34.2 Å². The molecule has 0 saturated carbocycles. The van der Waals surface area contributed by atoms with Crippen molar-refractivity contribution in [3.8, 4) is 11.4 Å². The van der Waals surface area contributed by atoms with E-state index in [0.29, 0.717) is 0 Å². The quantitative estimate of drug-likeness (QED) is 0.578. The molecule has 108 valence electrons. The second-order valence-electron chi connectivity index (χ2n) is 5.07. The summed E-state index contributed by atoms with van der Waals surface area (Å²) in [6, 6.07) is 20.5. The lowest BCUT2D eigenvalue weighted by molar-refractivity contribution is 0.865. The molecular formula is C17H14N4S. The van der Waals surface area contributed by atoms with Crippen molar-refractivity contribution in [3.63, 3.8) is 0 Å². The van der Waals surface area contributed by atoms with Gasteiger partial charge >= 0.3 is 0 Å². The first kappa shape index (κ1) is 13.2. The van der Waals surface area contributed by atoms with Gasteiger partial charge < -0.3 is 0 Å². The van der Waals surface area contributed by atoms with Gasteiger partial charge in [0.05, 0.1) is 0 Å². The van der Waals surface area contributed by atoms with Crippen LogP contribution in [0.25, 0.3) is 16.3 Å². The Morgan fingerprint density at radius 1 is 0.818 bits per heavy atom. The third-order valence-electron chi connectivity index (χ3n) is 3.54. The Balaban J connectivity index is 1.60. The summed E-state index contributed by atoms with van der Waals surface area (Å²) in [7, 11) is 0. The fourth-order valence-corrected chi connectivity index (χ4v) is 3.25. The molecule has 0 unspecified atom stereocenters. The van der Waals surface area contributed by atoms with Crippen molar-refractivity contribution in [2.45, 2.75) is 12.8 Å². The van der Waals surface area contributed by atoms with E-state index >= 15 is 0 Å². The number of rotatable bonds is 4. The average molecular weight is 306 g/mol. The van der Waals surface area contributed by atoms with Crippen LogP contribution in [0, 0.1) is 0 Å². The van der Waals surface area contributed by atoms with Crippen molar-refractivity contribution in [2.24, 2.45) is 0 Å². The van der Waals surface area contributed by atoms with Crippen molar-refractivity contribution in [3.05, 3.63) is 71.2 Å². The lowest BCUT2D eigenvalue weighted by Gasteiger charge is -1.98. The Kier molecular flexibility index (Phi) is 3.40. The van der Waals surface area contributed by atoms with Gasteiger partial charge in [-0.15, -0.1) is 10.2 Å². The molecule has 2 aromatic carbocycles. The maximum absolute atomic E-state index is 4.67. The van der Waals surface area contributed by atoms with E-state index in [2.05, 4.69) is 39.6 Å². The second kappa shape index (κ2) is 5.69. The molecule has 0 N–H and O–H groups in total. The first-order chi connectivity index (χ1) is 10.9. The van der Waals surface area contributed by atoms with Crippen LogP contribution >= 0.6 is 11.3 Å². The number of nitrogens with zero attached hydrogens (tertiary/aromatic N) is 4. The van der Waals surface area contributed by atoms with Crippen LogP contribution in [0.3, 0.4) is 0 Å². The van der Waals surface area contributed by atoms with Crippen LogP contribution in [0.1, 0.15) is 10.6 Å². The average Bonchev–Trinajstić information content (AvgIpc) is 3.15. The summed E-state index contributed by atoms with van der Waals surface area (Å²) in [5.41, 5.74) is 2.37. The van der Waals surface area contributed by atoms with E-state index in [1.54, 1.807) is 11.3 Å². The van der Waals surface area contributed by atoms with Crippen molar-refractivity contribution >= 4 is 16.3 Å². The smallest absolute Gasteiger partial charge is 0.183 e. The van der Waals surface area contributed by atoms with E-state index < -0.39 is 0 Å². The molecule has 2 aromatic heterocycles. The second-order valence-corrected chi connectivity index (χ2v) is 6.11. The highest BCUT2D eigenvalue weighted by Gasteiger charge is 2.12. The van der Waals surface area contributed by atoms with Crippen LogP contribution in [0.4, 0.5) is 0 Å². The number of aryl methyl sites for hydroxylation is 2. The summed E-state index contributed by atoms with van der Waals surface area (Å²) in [4.78, 5) is 0.849. The largest absolute Gasteiger partial charge is 0.234 e. The molecule has 4 aromatic rings. The highest BCUT2D eigenvalue weighted by atomic mass is 32.1. The topological polar surface area (TPSA) is 43.1 Å². The zero-order valence-electron chi connectivity index (χ0n) is 11.9. The summed E-state index contributed by atoms with van der Waals surface area (Å²) >= 11 is 1.61. The number of aromatic nitrogens is 4. The van der Waals surface area contributed by atoms with E-state index in [-0.39, 0.29) is 0 Å². The maximum Gasteiger partial charge on any atom is 0.234 e. The van der Waals surface area contributed by atoms with Gasteiger partial charge in [0.2, 0.25) is 4.96 Å². The molecule has 0 spiro atoms. The molecule has 4 nitrogen and oxygen atoms in total. The lowest BCUT2D eigenvalue weighted by atomic mass is 10.1. The molecule has 5 heteroatoms. The molecule has 0 aliphatic carbocycles. The summed E-state index contributed by atoms with van der Waals surface area (Å²) in [5.74, 6) is 0.804. The monoisotopic (exact) mass is 306 g/mol. The Hall–Kier alpha value is -2.53. The maximum atomic E-state index is 4.67. The van der Waals surface area contributed by atoms with Gasteiger partial charge in [-0.3, -0.25) is 0 Å². The molecule has 0 saturated heterocycles. The minimum absolute atomic E-state index is 0.804. The van der Waals surface area contributed by atoms with Crippen LogP contribution in [-0.4, -0.2) is 19.8 Å². The number of fused-ring (bicyclic) bond motifs is 1. The van der Waals surface area contributed by atoms with Gasteiger partial charge in [0.15, 0.2) is 5.82 Å². The van der Waals surface area contributed by atoms with Crippen LogP contribution in [0.5, 0.6) is 0 Å². The van der Waals surface area contributed by atoms with Crippen LogP contribution in [0.15, 0.2) is 60.7 Å². The lowest BCUT2D eigenvalue weighted by Crippen LogP contribution is -1.94. The van der Waals surface area contributed by atoms with Gasteiger partial charge in [0.1, 0.15) is 5.01 Å². The van der Waals surface area contributed by atoms with E-state index in [1.165, 1.54) is 5.56 Å². The van der Waals surface area contributed by atoms with Crippen LogP contribution in [0.2, 0.25) is 0 Å². The standard InChI is InChI=1S/C17H14N4S/c1-3-7-13(8-4-1)11-12-15-20-21-16(18-19-17(21)22-15)14-9-5-2-6-10-14/h1-10H,11-12H2. The summed E-state index contributed by atoms with van der Waals surface area (Å²) in [6.07, 6.45) is 1.91. The van der Waals surface area contributed by atoms with Gasteiger partial charge in [-0.1, -0.05) is 72.0 Å². The third-order valence-corrected chi connectivity index (χ3v) is 4.49. The van der Waals surface area contributed by atoms with Crippen molar-refractivity contribution in [1.29, 1.82) is 0 Å². The van der Waals surface area contributed by atoms with Gasteiger partial charge in [-0.25, -0.2) is 0 Å². The number of hydrogen-bond acceptors (Lipinski definition) is 4. The molecule has 2 heterocycles. The molecule has 0 atom stereocenters. The fraction of sp³-hybridized carbons (Fsp3) is 0.118. The first-order valence-corrected chi connectivity index (χ1v) is 8.02. The van der Waals surface area contributed by atoms with E-state index in [9.17, 15) is 0 Å². The summed E-state index contributed by atoms with van der Waals surface area (Å²) in [6.45, 7) is 0. The number of hydrogen-bond donors (Lipinski definition) is 0. The zero-order chi connectivity index (χ0) is 14.8. The van der Waals surface area contributed by atoms with Gasteiger partial charge in [0.25, 0.3) is 0 Å². The van der Waals surface area contributed by atoms with Gasteiger partial charge in [0, 0.05) is 12.0 Å². The minimum Gasteiger partial charge on any atom is -0.183 e. The van der Waals surface area contributed by atoms with Crippen molar-refractivity contribution in [2.75, 3.05) is 0 Å². The molecule has 0 amide bonds. The Labute approximate surface area is 132 Å². The summed E-state index contributed by atoms with van der Waals surface area (Å²) in [5, 5.41) is 14.2. The Morgan fingerprint density at radius 3 is 2.32 bits per heavy atom. The molecule has 0 aliphatic heterocycles. The highest BCUT2D eigenvalue weighted by Crippen LogP contribution is 2.22. The van der Waals surface area contributed by atoms with E-state index in [1.807, 2.05) is 40.9 Å². The molecule has 4 rings (SSSR count). The first-order valence-electron chi connectivity index (χ1n) is 7.20. The zero-order valence-corrected chi connectivity index (χ0v) is 12.7. The summed E-state index contributed by atoms with van der Waals surface area (Å²) < 4.78 is 1.85. The Bertz CT molecular complexity index is 881. The number of benzene rings is 2. The molecular weight excluding hydrogens is 292 g/mol. The van der Waals surface area contributed by atoms with Gasteiger partial charge in [-0.2, -0.15) is 9.61 Å². The third kappa shape index (κ3) is 2.51. The fourth-order valence-electron chi connectivity index (χ4n) is 2.42. The van der Waals surface area contributed by atoms with Crippen LogP contribution in [-0.2, 0) is 12.8 Å².